The number of benzene rings is 4. The third-order valence-electron chi connectivity index (χ3n) is 6.61. The minimum Gasteiger partial charge on any atom is -0.305 e. The highest BCUT2D eigenvalue weighted by atomic mass is 31.2. The molecule has 1 N–H and O–H groups in total. The first-order valence-corrected chi connectivity index (χ1v) is 16.3. The zero-order chi connectivity index (χ0) is 26.8. The van der Waals surface area contributed by atoms with Gasteiger partial charge in [-0.25, -0.2) is 0 Å². The van der Waals surface area contributed by atoms with E-state index in [2.05, 4.69) is 121 Å². The van der Waals surface area contributed by atoms with Crippen molar-refractivity contribution < 1.29 is 0 Å². The first kappa shape index (κ1) is 26.7. The Morgan fingerprint density at radius 2 is 1.15 bits per heavy atom. The topological polar surface area (TPSA) is 23.9 Å². The summed E-state index contributed by atoms with van der Waals surface area (Å²) in [4.78, 5) is 0. The summed E-state index contributed by atoms with van der Waals surface area (Å²) < 4.78 is 0. The maximum atomic E-state index is 9.31. The molecule has 0 aromatic heterocycles. The van der Waals surface area contributed by atoms with Gasteiger partial charge in [0.25, 0.3) is 0 Å². The van der Waals surface area contributed by atoms with E-state index < -0.39 is 15.0 Å². The van der Waals surface area contributed by atoms with Crippen molar-refractivity contribution in [2.75, 3.05) is 0 Å². The number of nitrogens with one attached hydrogen (secondary N) is 1. The van der Waals surface area contributed by atoms with Gasteiger partial charge < -0.3 is 5.16 Å². The van der Waals surface area contributed by atoms with Gasteiger partial charge in [0.2, 0.25) is 0 Å². The van der Waals surface area contributed by atoms with Crippen LogP contribution < -0.4 is 21.2 Å². The summed E-state index contributed by atoms with van der Waals surface area (Å²) in [6.07, 6.45) is 14.6. The van der Waals surface area contributed by atoms with Crippen molar-refractivity contribution in [3.8, 4) is 0 Å². The number of rotatable bonds is 6. The average Bonchev–Trinajstić information content (AvgIpc) is 3.04. The lowest BCUT2D eigenvalue weighted by molar-refractivity contribution is 1.01. The van der Waals surface area contributed by atoms with Crippen molar-refractivity contribution in [3.63, 3.8) is 0 Å². The Morgan fingerprint density at radius 3 is 1.59 bits per heavy atom. The summed E-state index contributed by atoms with van der Waals surface area (Å²) >= 11 is 0. The van der Waals surface area contributed by atoms with Crippen molar-refractivity contribution in [1.82, 2.24) is 0 Å². The lowest BCUT2D eigenvalue weighted by atomic mass is 10.2. The van der Waals surface area contributed by atoms with Gasteiger partial charge in [-0.3, -0.25) is 0 Å². The van der Waals surface area contributed by atoms with Crippen LogP contribution >= 0.6 is 15.0 Å². The molecule has 0 saturated carbocycles. The van der Waals surface area contributed by atoms with Crippen molar-refractivity contribution in [1.29, 1.82) is 5.16 Å². The van der Waals surface area contributed by atoms with E-state index in [0.29, 0.717) is 0 Å². The SMILES string of the molecule is C1=C=C(P(c2ccccc2)c2ccccc2)C=CC=1.N=P(C1=CC=CCC1)(c1ccccc1)c1ccccc1. The molecular weight excluding hydrogens is 508 g/mol. The van der Waals surface area contributed by atoms with Gasteiger partial charge in [0.05, 0.1) is 0 Å². The number of hydrogen-bond donors (Lipinski definition) is 1. The highest BCUT2D eigenvalue weighted by Crippen LogP contribution is 2.54. The third kappa shape index (κ3) is 6.38. The van der Waals surface area contributed by atoms with E-state index in [1.165, 1.54) is 21.2 Å². The average molecular weight is 540 g/mol. The molecule has 0 fully saturated rings. The molecule has 4 aromatic rings. The Morgan fingerprint density at radius 1 is 0.641 bits per heavy atom. The molecule has 0 spiro atoms. The smallest absolute Gasteiger partial charge is 0.0473 e. The van der Waals surface area contributed by atoms with E-state index in [-0.39, 0.29) is 0 Å². The van der Waals surface area contributed by atoms with Crippen LogP contribution in [0.5, 0.6) is 0 Å². The van der Waals surface area contributed by atoms with Gasteiger partial charge in [-0.05, 0) is 59.4 Å². The van der Waals surface area contributed by atoms with Crippen LogP contribution in [0.3, 0.4) is 0 Å². The Hall–Kier alpha value is -3.94. The fourth-order valence-electron chi connectivity index (χ4n) is 4.71. The first-order valence-electron chi connectivity index (χ1n) is 13.2. The van der Waals surface area contributed by atoms with Crippen molar-refractivity contribution in [2.24, 2.45) is 0 Å². The maximum absolute atomic E-state index is 9.31. The summed E-state index contributed by atoms with van der Waals surface area (Å²) in [5, 5.41) is 16.8. The van der Waals surface area contributed by atoms with Crippen LogP contribution in [0.1, 0.15) is 12.8 Å². The van der Waals surface area contributed by atoms with Crippen molar-refractivity contribution >= 4 is 36.2 Å². The predicted octanol–water partition coefficient (Wildman–Crippen LogP) is 8.53. The molecule has 6 rings (SSSR count). The standard InChI is InChI=1S/C18H18NP.C18H13P/c19-20(16-10-4-1-5-11-16,17-12-6-2-7-13-17)18-14-8-3-9-15-18;1-4-10-16(11-5-1)19(17-12-6-2-7-13-17)18-14-8-3-9-15-18/h1-8,10-14,19H,9,15H2;1-8,10-14H. The lowest BCUT2D eigenvalue weighted by Crippen LogP contribution is -2.17. The molecule has 2 aliphatic carbocycles. The zero-order valence-corrected chi connectivity index (χ0v) is 23.6. The zero-order valence-electron chi connectivity index (χ0n) is 21.8. The van der Waals surface area contributed by atoms with Gasteiger partial charge in [0.1, 0.15) is 0 Å². The van der Waals surface area contributed by atoms with Crippen LogP contribution in [-0.2, 0) is 0 Å². The number of allylic oxidation sites excluding steroid dienone is 8. The van der Waals surface area contributed by atoms with Crippen LogP contribution in [-0.4, -0.2) is 0 Å². The van der Waals surface area contributed by atoms with Crippen LogP contribution in [0.15, 0.2) is 180 Å². The van der Waals surface area contributed by atoms with E-state index in [1.54, 1.807) is 0 Å². The Labute approximate surface area is 233 Å². The van der Waals surface area contributed by atoms with Crippen molar-refractivity contribution in [3.05, 3.63) is 180 Å². The van der Waals surface area contributed by atoms with Crippen LogP contribution in [0.25, 0.3) is 0 Å². The van der Waals surface area contributed by atoms with E-state index in [4.69, 9.17) is 0 Å². The minimum atomic E-state index is -2.19. The molecule has 0 bridgehead atoms. The van der Waals surface area contributed by atoms with E-state index in [0.717, 1.165) is 23.5 Å². The predicted molar refractivity (Wildman–Crippen MR) is 172 cm³/mol. The van der Waals surface area contributed by atoms with Crippen LogP contribution in [0.4, 0.5) is 0 Å². The molecule has 2 aliphatic rings. The highest BCUT2D eigenvalue weighted by Gasteiger charge is 2.26. The van der Waals surface area contributed by atoms with E-state index in [1.807, 2.05) is 48.6 Å². The molecule has 0 heterocycles. The second-order valence-corrected chi connectivity index (χ2v) is 14.3. The van der Waals surface area contributed by atoms with Gasteiger partial charge in [0, 0.05) is 12.4 Å². The Balaban J connectivity index is 0.000000158. The second kappa shape index (κ2) is 13.2. The molecule has 3 heteroatoms. The number of hydrogen-bond acceptors (Lipinski definition) is 1. The Bertz CT molecular complexity index is 1540. The largest absolute Gasteiger partial charge is 0.305 e. The van der Waals surface area contributed by atoms with Gasteiger partial charge in [-0.1, -0.05) is 157 Å². The normalized spacial score (nSPS) is 13.9. The summed E-state index contributed by atoms with van der Waals surface area (Å²) in [6, 6.07) is 41.9. The maximum Gasteiger partial charge on any atom is 0.0473 e. The quantitative estimate of drug-likeness (QED) is 0.188. The highest BCUT2D eigenvalue weighted by molar-refractivity contribution is 7.83. The first-order chi connectivity index (χ1) is 19.3. The minimum absolute atomic E-state index is 0.533. The van der Waals surface area contributed by atoms with Gasteiger partial charge in [0.15, 0.2) is 0 Å². The van der Waals surface area contributed by atoms with Gasteiger partial charge in [-0.2, -0.15) is 0 Å². The summed E-state index contributed by atoms with van der Waals surface area (Å²) in [5.41, 5.74) is 6.34. The molecule has 0 amide bonds. The molecule has 0 radical (unpaired) electrons. The second-order valence-electron chi connectivity index (χ2n) is 9.15. The van der Waals surface area contributed by atoms with Crippen LogP contribution in [0.2, 0.25) is 0 Å². The molecule has 0 saturated heterocycles. The van der Waals surface area contributed by atoms with Gasteiger partial charge in [-0.15, -0.1) is 0 Å². The molecular formula is C36H31NP2. The molecule has 0 atom stereocenters. The fraction of sp³-hybridized carbons (Fsp3) is 0.0556. The summed E-state index contributed by atoms with van der Waals surface area (Å²) in [5.74, 6) is 0. The monoisotopic (exact) mass is 539 g/mol. The van der Waals surface area contributed by atoms with Gasteiger partial charge >= 0.3 is 0 Å². The molecule has 0 aliphatic heterocycles. The molecule has 0 unspecified atom stereocenters. The molecule has 1 nitrogen and oxygen atoms in total. The molecule has 39 heavy (non-hydrogen) atoms. The third-order valence-corrected chi connectivity index (χ3v) is 12.4. The van der Waals surface area contributed by atoms with Crippen molar-refractivity contribution in [2.45, 2.75) is 12.8 Å². The van der Waals surface area contributed by atoms with Crippen LogP contribution in [0, 0.1) is 5.16 Å². The molecule has 190 valence electrons. The molecule has 4 aromatic carbocycles. The summed E-state index contributed by atoms with van der Waals surface area (Å²) in [7, 11) is -2.72. The Kier molecular flexibility index (Phi) is 9.04. The van der Waals surface area contributed by atoms with E-state index in [9.17, 15) is 5.16 Å². The lowest BCUT2D eigenvalue weighted by Gasteiger charge is -2.27. The fourth-order valence-corrected chi connectivity index (χ4v) is 9.89. The summed E-state index contributed by atoms with van der Waals surface area (Å²) in [6.45, 7) is 0. The van der Waals surface area contributed by atoms with E-state index >= 15 is 0 Å².